The minimum absolute atomic E-state index is 0.0226. The second kappa shape index (κ2) is 8.90. The van der Waals surface area contributed by atoms with Gasteiger partial charge in [0.1, 0.15) is 0 Å². The topological polar surface area (TPSA) is 66.5 Å². The van der Waals surface area contributed by atoms with Crippen LogP contribution in [0.1, 0.15) is 38.7 Å². The molecular formula is C16H26N2O3S. The van der Waals surface area contributed by atoms with Crippen molar-refractivity contribution in [3.8, 4) is 0 Å². The second-order valence-corrected chi connectivity index (χ2v) is 7.19. The Labute approximate surface area is 133 Å². The number of amides is 1. The molecule has 0 atom stereocenters. The van der Waals surface area contributed by atoms with E-state index in [1.165, 1.54) is 6.92 Å². The van der Waals surface area contributed by atoms with Gasteiger partial charge in [-0.2, -0.15) is 0 Å². The summed E-state index contributed by atoms with van der Waals surface area (Å²) in [4.78, 5) is 13.5. The number of benzene rings is 1. The minimum Gasteiger partial charge on any atom is -0.342 e. The minimum atomic E-state index is -3.51. The maximum absolute atomic E-state index is 12.1. The first-order chi connectivity index (χ1) is 10.4. The lowest BCUT2D eigenvalue weighted by Gasteiger charge is -2.21. The van der Waals surface area contributed by atoms with E-state index in [2.05, 4.69) is 11.6 Å². The van der Waals surface area contributed by atoms with Crippen molar-refractivity contribution in [2.24, 2.45) is 0 Å². The first-order valence-electron chi connectivity index (χ1n) is 7.68. The molecule has 1 N–H and O–H groups in total. The third kappa shape index (κ3) is 6.15. The fourth-order valence-electron chi connectivity index (χ4n) is 2.10. The van der Waals surface area contributed by atoms with Gasteiger partial charge in [-0.1, -0.05) is 37.5 Å². The highest BCUT2D eigenvalue weighted by atomic mass is 32.2. The number of hydrogen-bond acceptors (Lipinski definition) is 3. The molecule has 1 aromatic carbocycles. The zero-order valence-electron chi connectivity index (χ0n) is 13.6. The van der Waals surface area contributed by atoms with Gasteiger partial charge >= 0.3 is 0 Å². The summed E-state index contributed by atoms with van der Waals surface area (Å²) >= 11 is 0. The summed E-state index contributed by atoms with van der Waals surface area (Å²) in [6, 6.07) is 6.70. The van der Waals surface area contributed by atoms with Crippen molar-refractivity contribution in [3.05, 3.63) is 29.8 Å². The summed E-state index contributed by atoms with van der Waals surface area (Å²) in [5, 5.41) is 0. The van der Waals surface area contributed by atoms with E-state index < -0.39 is 10.0 Å². The Morgan fingerprint density at radius 3 is 2.32 bits per heavy atom. The van der Waals surface area contributed by atoms with Crippen LogP contribution < -0.4 is 4.72 Å². The monoisotopic (exact) mass is 326 g/mol. The Balaban J connectivity index is 2.52. The highest BCUT2D eigenvalue weighted by Gasteiger charge is 2.14. The third-order valence-corrected chi connectivity index (χ3v) is 4.96. The summed E-state index contributed by atoms with van der Waals surface area (Å²) < 4.78 is 26.8. The van der Waals surface area contributed by atoms with E-state index >= 15 is 0 Å². The average Bonchev–Trinajstić information content (AvgIpc) is 2.46. The predicted octanol–water partition coefficient (Wildman–Crippen LogP) is 2.31. The van der Waals surface area contributed by atoms with Crippen LogP contribution in [-0.4, -0.2) is 38.9 Å². The van der Waals surface area contributed by atoms with Crippen molar-refractivity contribution in [3.63, 3.8) is 0 Å². The van der Waals surface area contributed by atoms with Gasteiger partial charge in [0.05, 0.1) is 4.90 Å². The highest BCUT2D eigenvalue weighted by molar-refractivity contribution is 7.89. The first-order valence-corrected chi connectivity index (χ1v) is 9.17. The number of carbonyl (C=O) groups is 1. The Kier molecular flexibility index (Phi) is 7.55. The van der Waals surface area contributed by atoms with Gasteiger partial charge in [-0.15, -0.1) is 0 Å². The van der Waals surface area contributed by atoms with E-state index in [1.807, 2.05) is 6.92 Å². The van der Waals surface area contributed by atoms with Crippen molar-refractivity contribution in [2.45, 2.75) is 44.9 Å². The molecule has 0 unspecified atom stereocenters. The van der Waals surface area contributed by atoms with E-state index in [-0.39, 0.29) is 17.3 Å². The van der Waals surface area contributed by atoms with Crippen LogP contribution in [0.4, 0.5) is 0 Å². The number of nitrogens with zero attached hydrogens (tertiary/aromatic N) is 1. The van der Waals surface area contributed by atoms with Crippen molar-refractivity contribution in [2.75, 3.05) is 19.6 Å². The maximum atomic E-state index is 12.1. The van der Waals surface area contributed by atoms with Gasteiger partial charge in [0, 0.05) is 26.6 Å². The van der Waals surface area contributed by atoms with Crippen LogP contribution in [0.2, 0.25) is 0 Å². The van der Waals surface area contributed by atoms with Crippen LogP contribution in [0.3, 0.4) is 0 Å². The average molecular weight is 326 g/mol. The van der Waals surface area contributed by atoms with Gasteiger partial charge in [-0.05, 0) is 25.5 Å². The smallest absolute Gasteiger partial charge is 0.240 e. The van der Waals surface area contributed by atoms with E-state index in [9.17, 15) is 13.2 Å². The molecule has 1 aromatic rings. The van der Waals surface area contributed by atoms with Gasteiger partial charge in [-0.3, -0.25) is 4.79 Å². The van der Waals surface area contributed by atoms with Gasteiger partial charge < -0.3 is 4.90 Å². The molecule has 0 fully saturated rings. The number of carbonyl (C=O) groups excluding carboxylic acids is 1. The summed E-state index contributed by atoms with van der Waals surface area (Å²) in [7, 11) is -3.51. The Morgan fingerprint density at radius 2 is 1.77 bits per heavy atom. The molecule has 0 bridgehead atoms. The lowest BCUT2D eigenvalue weighted by molar-refractivity contribution is -0.128. The van der Waals surface area contributed by atoms with Crippen molar-refractivity contribution < 1.29 is 13.2 Å². The van der Waals surface area contributed by atoms with Crippen molar-refractivity contribution in [1.82, 2.24) is 9.62 Å². The summed E-state index contributed by atoms with van der Waals surface area (Å²) in [5.74, 6) is -0.0226. The number of sulfonamides is 1. The molecule has 0 saturated carbocycles. The van der Waals surface area contributed by atoms with E-state index in [0.717, 1.165) is 24.8 Å². The molecule has 0 radical (unpaired) electrons. The van der Waals surface area contributed by atoms with Gasteiger partial charge in [0.25, 0.3) is 0 Å². The largest absolute Gasteiger partial charge is 0.342 e. The molecule has 0 spiro atoms. The lowest BCUT2D eigenvalue weighted by atomic mass is 10.2. The van der Waals surface area contributed by atoms with Crippen LogP contribution >= 0.6 is 0 Å². The third-order valence-electron chi connectivity index (χ3n) is 3.48. The molecule has 5 nitrogen and oxygen atoms in total. The van der Waals surface area contributed by atoms with Crippen molar-refractivity contribution >= 4 is 15.9 Å². The van der Waals surface area contributed by atoms with Crippen molar-refractivity contribution in [1.29, 1.82) is 0 Å². The number of rotatable bonds is 9. The molecule has 124 valence electrons. The lowest BCUT2D eigenvalue weighted by Crippen LogP contribution is -2.38. The van der Waals surface area contributed by atoms with Crippen LogP contribution in [0.5, 0.6) is 0 Å². The standard InChI is InChI=1S/C16H26N2O3S/c1-4-5-6-12-18(15(3)19)13-11-17-22(20,21)16-9-7-14(2)8-10-16/h7-10,17H,4-6,11-13H2,1-3H3. The molecule has 0 heterocycles. The molecule has 0 saturated heterocycles. The normalized spacial score (nSPS) is 11.4. The number of nitrogens with one attached hydrogen (secondary N) is 1. The van der Waals surface area contributed by atoms with E-state index in [1.54, 1.807) is 29.2 Å². The Bertz CT molecular complexity index is 568. The number of hydrogen-bond donors (Lipinski definition) is 1. The van der Waals surface area contributed by atoms with Crippen LogP contribution in [0.15, 0.2) is 29.2 Å². The summed E-state index contributed by atoms with van der Waals surface area (Å²) in [5.41, 5.74) is 1.01. The zero-order valence-corrected chi connectivity index (χ0v) is 14.4. The SMILES string of the molecule is CCCCCN(CCNS(=O)(=O)c1ccc(C)cc1)C(C)=O. The molecule has 0 aromatic heterocycles. The molecule has 0 aliphatic heterocycles. The molecular weight excluding hydrogens is 300 g/mol. The Hall–Kier alpha value is -1.40. The van der Waals surface area contributed by atoms with Gasteiger partial charge in [-0.25, -0.2) is 13.1 Å². The summed E-state index contributed by atoms with van der Waals surface area (Å²) in [6.45, 7) is 6.82. The molecule has 0 aliphatic carbocycles. The molecule has 6 heteroatoms. The van der Waals surface area contributed by atoms with Gasteiger partial charge in [0.2, 0.25) is 15.9 Å². The Morgan fingerprint density at radius 1 is 1.14 bits per heavy atom. The zero-order chi connectivity index (χ0) is 16.6. The molecule has 1 rings (SSSR count). The van der Waals surface area contributed by atoms with Crippen LogP contribution in [-0.2, 0) is 14.8 Å². The molecule has 1 amide bonds. The fourth-order valence-corrected chi connectivity index (χ4v) is 3.12. The van der Waals surface area contributed by atoms with Crippen LogP contribution in [0.25, 0.3) is 0 Å². The fraction of sp³-hybridized carbons (Fsp3) is 0.562. The molecule has 0 aliphatic rings. The van der Waals surface area contributed by atoms with E-state index in [0.29, 0.717) is 13.1 Å². The van der Waals surface area contributed by atoms with Gasteiger partial charge in [0.15, 0.2) is 0 Å². The van der Waals surface area contributed by atoms with Crippen LogP contribution in [0, 0.1) is 6.92 Å². The maximum Gasteiger partial charge on any atom is 0.240 e. The quantitative estimate of drug-likeness (QED) is 0.708. The number of aryl methyl sites for hydroxylation is 1. The predicted molar refractivity (Wildman–Crippen MR) is 88.1 cm³/mol. The van der Waals surface area contributed by atoms with E-state index in [4.69, 9.17) is 0 Å². The highest BCUT2D eigenvalue weighted by Crippen LogP contribution is 2.09. The molecule has 22 heavy (non-hydrogen) atoms. The number of unbranched alkanes of at least 4 members (excludes halogenated alkanes) is 2. The second-order valence-electron chi connectivity index (χ2n) is 5.42. The summed E-state index contributed by atoms with van der Waals surface area (Å²) in [6.07, 6.45) is 3.10. The first kappa shape index (κ1) is 18.6.